The van der Waals surface area contributed by atoms with E-state index < -0.39 is 6.10 Å². The Hall–Kier alpha value is -3.68. The zero-order chi connectivity index (χ0) is 19.5. The van der Waals surface area contributed by atoms with E-state index in [1.165, 1.54) is 16.9 Å². The SMILES string of the molecule is O=C(CC1Oc2ccccc2NC1=O)Nc1cnn(Cc2ccccc2F)c1. The van der Waals surface area contributed by atoms with Crippen molar-refractivity contribution in [3.63, 3.8) is 0 Å². The van der Waals surface area contributed by atoms with Gasteiger partial charge in [0.1, 0.15) is 11.6 Å². The number of hydrogen-bond acceptors (Lipinski definition) is 4. The van der Waals surface area contributed by atoms with E-state index in [2.05, 4.69) is 15.7 Å². The number of para-hydroxylation sites is 2. The molecule has 7 nitrogen and oxygen atoms in total. The number of nitrogens with one attached hydrogen (secondary N) is 2. The van der Waals surface area contributed by atoms with E-state index in [1.54, 1.807) is 48.7 Å². The highest BCUT2D eigenvalue weighted by atomic mass is 19.1. The van der Waals surface area contributed by atoms with Gasteiger partial charge in [-0.25, -0.2) is 4.39 Å². The van der Waals surface area contributed by atoms with Crippen molar-refractivity contribution in [2.24, 2.45) is 0 Å². The highest BCUT2D eigenvalue weighted by molar-refractivity contribution is 6.01. The van der Waals surface area contributed by atoms with Gasteiger partial charge < -0.3 is 15.4 Å². The van der Waals surface area contributed by atoms with Crippen LogP contribution in [0.3, 0.4) is 0 Å². The van der Waals surface area contributed by atoms with Gasteiger partial charge in [0.2, 0.25) is 5.91 Å². The van der Waals surface area contributed by atoms with Crippen molar-refractivity contribution in [2.45, 2.75) is 19.1 Å². The molecule has 1 aliphatic heterocycles. The average molecular weight is 380 g/mol. The molecule has 0 radical (unpaired) electrons. The molecular weight excluding hydrogens is 363 g/mol. The number of halogens is 1. The largest absolute Gasteiger partial charge is 0.478 e. The Morgan fingerprint density at radius 2 is 2.00 bits per heavy atom. The first-order chi connectivity index (χ1) is 13.6. The van der Waals surface area contributed by atoms with Gasteiger partial charge in [0.25, 0.3) is 5.91 Å². The second kappa shape index (κ2) is 7.51. The summed E-state index contributed by atoms with van der Waals surface area (Å²) in [6, 6.07) is 13.5. The van der Waals surface area contributed by atoms with Crippen LogP contribution < -0.4 is 15.4 Å². The fraction of sp³-hybridized carbons (Fsp3) is 0.150. The van der Waals surface area contributed by atoms with Gasteiger partial charge in [-0.2, -0.15) is 5.10 Å². The van der Waals surface area contributed by atoms with Crippen molar-refractivity contribution in [1.82, 2.24) is 9.78 Å². The van der Waals surface area contributed by atoms with Gasteiger partial charge in [0.05, 0.1) is 30.5 Å². The summed E-state index contributed by atoms with van der Waals surface area (Å²) in [6.45, 7) is 0.244. The molecule has 2 N–H and O–H groups in total. The van der Waals surface area contributed by atoms with Crippen LogP contribution in [-0.2, 0) is 16.1 Å². The van der Waals surface area contributed by atoms with E-state index in [0.717, 1.165) is 0 Å². The van der Waals surface area contributed by atoms with Crippen LogP contribution in [0, 0.1) is 5.82 Å². The Balaban J connectivity index is 1.36. The summed E-state index contributed by atoms with van der Waals surface area (Å²) in [7, 11) is 0. The molecule has 2 amide bonds. The molecule has 1 aromatic heterocycles. The third-order valence-electron chi connectivity index (χ3n) is 4.28. The van der Waals surface area contributed by atoms with E-state index in [4.69, 9.17) is 4.74 Å². The summed E-state index contributed by atoms with van der Waals surface area (Å²) in [5.74, 6) is -0.545. The molecule has 8 heteroatoms. The molecule has 3 aromatic rings. The monoisotopic (exact) mass is 380 g/mol. The molecule has 0 fully saturated rings. The lowest BCUT2D eigenvalue weighted by Gasteiger charge is -2.25. The zero-order valence-electron chi connectivity index (χ0n) is 14.8. The Morgan fingerprint density at radius 1 is 1.21 bits per heavy atom. The van der Waals surface area contributed by atoms with Gasteiger partial charge in [-0.05, 0) is 18.2 Å². The van der Waals surface area contributed by atoms with Crippen molar-refractivity contribution < 1.29 is 18.7 Å². The highest BCUT2D eigenvalue weighted by Gasteiger charge is 2.29. The fourth-order valence-corrected chi connectivity index (χ4v) is 2.92. The maximum absolute atomic E-state index is 13.7. The van der Waals surface area contributed by atoms with Crippen molar-refractivity contribution in [3.05, 3.63) is 72.3 Å². The fourth-order valence-electron chi connectivity index (χ4n) is 2.92. The number of ether oxygens (including phenoxy) is 1. The number of benzene rings is 2. The number of aromatic nitrogens is 2. The molecule has 0 bridgehead atoms. The number of carbonyl (C=O) groups excluding carboxylic acids is 2. The van der Waals surface area contributed by atoms with Gasteiger partial charge in [-0.3, -0.25) is 14.3 Å². The zero-order valence-corrected chi connectivity index (χ0v) is 14.8. The van der Waals surface area contributed by atoms with Crippen molar-refractivity contribution in [3.8, 4) is 5.75 Å². The molecule has 1 atom stereocenters. The number of nitrogens with zero attached hydrogens (tertiary/aromatic N) is 2. The molecule has 1 aliphatic rings. The van der Waals surface area contributed by atoms with E-state index in [9.17, 15) is 14.0 Å². The van der Waals surface area contributed by atoms with Crippen LogP contribution in [0.5, 0.6) is 5.75 Å². The Morgan fingerprint density at radius 3 is 2.86 bits per heavy atom. The lowest BCUT2D eigenvalue weighted by atomic mass is 10.1. The molecule has 4 rings (SSSR count). The second-order valence-corrected chi connectivity index (χ2v) is 6.36. The van der Waals surface area contributed by atoms with Crippen molar-refractivity contribution >= 4 is 23.2 Å². The first-order valence-electron chi connectivity index (χ1n) is 8.71. The summed E-state index contributed by atoms with van der Waals surface area (Å²) in [5.41, 5.74) is 1.53. The van der Waals surface area contributed by atoms with Crippen LogP contribution in [0.25, 0.3) is 0 Å². The van der Waals surface area contributed by atoms with Gasteiger partial charge in [-0.1, -0.05) is 30.3 Å². The molecular formula is C20H17FN4O3. The van der Waals surface area contributed by atoms with Gasteiger partial charge in [-0.15, -0.1) is 0 Å². The van der Waals surface area contributed by atoms with Crippen LogP contribution in [0.15, 0.2) is 60.9 Å². The third-order valence-corrected chi connectivity index (χ3v) is 4.28. The molecule has 2 heterocycles. The summed E-state index contributed by atoms with van der Waals surface area (Å²) in [4.78, 5) is 24.4. The molecule has 28 heavy (non-hydrogen) atoms. The minimum atomic E-state index is -0.914. The van der Waals surface area contributed by atoms with E-state index >= 15 is 0 Å². The van der Waals surface area contributed by atoms with E-state index in [0.29, 0.717) is 22.7 Å². The number of amides is 2. The lowest BCUT2D eigenvalue weighted by Crippen LogP contribution is -2.39. The van der Waals surface area contributed by atoms with Crippen molar-refractivity contribution in [1.29, 1.82) is 0 Å². The first kappa shape index (κ1) is 17.7. The molecule has 0 saturated heterocycles. The lowest BCUT2D eigenvalue weighted by molar-refractivity contribution is -0.128. The Kier molecular flexibility index (Phi) is 4.76. The number of anilines is 2. The molecule has 0 aliphatic carbocycles. The molecule has 0 spiro atoms. The minimum Gasteiger partial charge on any atom is -0.478 e. The van der Waals surface area contributed by atoms with Crippen LogP contribution in [0.1, 0.15) is 12.0 Å². The average Bonchev–Trinajstić information content (AvgIpc) is 3.11. The van der Waals surface area contributed by atoms with Crippen molar-refractivity contribution in [2.75, 3.05) is 10.6 Å². The maximum Gasteiger partial charge on any atom is 0.266 e. The van der Waals surface area contributed by atoms with Gasteiger partial charge in [0, 0.05) is 11.8 Å². The summed E-state index contributed by atoms with van der Waals surface area (Å²) < 4.78 is 20.9. The van der Waals surface area contributed by atoms with Crippen LogP contribution in [0.4, 0.5) is 15.8 Å². The number of fused-ring (bicyclic) bond motifs is 1. The molecule has 142 valence electrons. The van der Waals surface area contributed by atoms with E-state index in [1.807, 2.05) is 0 Å². The highest BCUT2D eigenvalue weighted by Crippen LogP contribution is 2.29. The number of rotatable bonds is 5. The normalized spacial score (nSPS) is 15.3. The summed E-state index contributed by atoms with van der Waals surface area (Å²) in [6.07, 6.45) is 2.01. The topological polar surface area (TPSA) is 85.2 Å². The third kappa shape index (κ3) is 3.85. The van der Waals surface area contributed by atoms with Gasteiger partial charge in [0.15, 0.2) is 6.10 Å². The minimum absolute atomic E-state index is 0.140. The van der Waals surface area contributed by atoms with E-state index in [-0.39, 0.29) is 30.6 Å². The quantitative estimate of drug-likeness (QED) is 0.713. The van der Waals surface area contributed by atoms with Crippen LogP contribution in [-0.4, -0.2) is 27.7 Å². The summed E-state index contributed by atoms with van der Waals surface area (Å²) in [5, 5.41) is 9.52. The first-order valence-corrected chi connectivity index (χ1v) is 8.71. The smallest absolute Gasteiger partial charge is 0.266 e. The van der Waals surface area contributed by atoms with Crippen LogP contribution in [0.2, 0.25) is 0 Å². The number of carbonyl (C=O) groups is 2. The second-order valence-electron chi connectivity index (χ2n) is 6.36. The number of hydrogen-bond donors (Lipinski definition) is 2. The molecule has 0 saturated carbocycles. The van der Waals surface area contributed by atoms with Gasteiger partial charge >= 0.3 is 0 Å². The predicted octanol–water partition coefficient (Wildman–Crippen LogP) is 2.80. The predicted molar refractivity (Wildman–Crippen MR) is 100 cm³/mol. The molecule has 1 unspecified atom stereocenters. The molecule has 2 aromatic carbocycles. The Bertz CT molecular complexity index is 1030. The standard InChI is InChI=1S/C20H17FN4O3/c21-15-6-2-1-5-13(15)11-25-12-14(10-22-25)23-19(26)9-18-20(27)24-16-7-3-4-8-17(16)28-18/h1-8,10,12,18H,9,11H2,(H,23,26)(H,24,27). The maximum atomic E-state index is 13.7. The summed E-state index contributed by atoms with van der Waals surface area (Å²) >= 11 is 0. The Labute approximate surface area is 160 Å². The van der Waals surface area contributed by atoms with Crippen LogP contribution >= 0.6 is 0 Å².